The minimum Gasteiger partial charge on any atom is -0.432 e. The Morgan fingerprint density at radius 1 is 0.643 bits per heavy atom. The summed E-state index contributed by atoms with van der Waals surface area (Å²) in [7, 11) is 0. The third-order valence-electron chi connectivity index (χ3n) is 8.38. The molecule has 4 aromatic carbocycles. The smallest absolute Gasteiger partial charge is 0.400 e. The standard InChI is InChI=1S/C36H35F5O/c1-2-3-4-5-24-6-14-29(15-7-24)36(40,41)42-31-18-10-25(11-19-31)27-12-20-33(34(38)22-27)28-13-21-32(35(39)23-28)26-8-16-30(37)17-9-26/h8-13,16-24,29H,2-7,14-15H2,1H3. The Bertz CT molecular complexity index is 1470. The van der Waals surface area contributed by atoms with E-state index in [1.54, 1.807) is 36.4 Å². The van der Waals surface area contributed by atoms with Crippen LogP contribution < -0.4 is 4.74 Å². The van der Waals surface area contributed by atoms with Gasteiger partial charge in [-0.3, -0.25) is 0 Å². The average Bonchev–Trinajstić information content (AvgIpc) is 2.98. The highest BCUT2D eigenvalue weighted by Gasteiger charge is 2.43. The first kappa shape index (κ1) is 29.8. The molecule has 0 aliphatic heterocycles. The quantitative estimate of drug-likeness (QED) is 0.134. The lowest BCUT2D eigenvalue weighted by atomic mass is 9.79. The minimum absolute atomic E-state index is 0.0719. The van der Waals surface area contributed by atoms with Crippen LogP contribution in [0.4, 0.5) is 22.0 Å². The van der Waals surface area contributed by atoms with Crippen molar-refractivity contribution in [2.24, 2.45) is 11.8 Å². The molecule has 0 N–H and O–H groups in total. The van der Waals surface area contributed by atoms with Crippen LogP contribution in [0.25, 0.3) is 33.4 Å². The first-order valence-electron chi connectivity index (χ1n) is 14.8. The molecule has 1 saturated carbocycles. The first-order chi connectivity index (χ1) is 20.2. The highest BCUT2D eigenvalue weighted by molar-refractivity contribution is 5.74. The van der Waals surface area contributed by atoms with Crippen molar-refractivity contribution in [2.45, 2.75) is 64.4 Å². The number of hydrogen-bond acceptors (Lipinski definition) is 1. The Labute approximate surface area is 244 Å². The molecule has 0 saturated heterocycles. The number of alkyl halides is 2. The number of ether oxygens (including phenoxy) is 1. The monoisotopic (exact) mass is 578 g/mol. The molecule has 0 heterocycles. The third kappa shape index (κ3) is 7.03. The van der Waals surface area contributed by atoms with Gasteiger partial charge >= 0.3 is 6.11 Å². The number of rotatable bonds is 10. The molecule has 0 spiro atoms. The van der Waals surface area contributed by atoms with Crippen LogP contribution in [0.1, 0.15) is 58.3 Å². The topological polar surface area (TPSA) is 9.23 Å². The van der Waals surface area contributed by atoms with Gasteiger partial charge in [0.25, 0.3) is 0 Å². The molecule has 0 aromatic heterocycles. The molecule has 1 aliphatic rings. The van der Waals surface area contributed by atoms with E-state index in [9.17, 15) is 17.6 Å². The van der Waals surface area contributed by atoms with E-state index < -0.39 is 29.5 Å². The summed E-state index contributed by atoms with van der Waals surface area (Å²) < 4.78 is 78.3. The van der Waals surface area contributed by atoms with Gasteiger partial charge in [-0.1, -0.05) is 81.1 Å². The zero-order valence-corrected chi connectivity index (χ0v) is 23.7. The molecule has 42 heavy (non-hydrogen) atoms. The van der Waals surface area contributed by atoms with Crippen molar-refractivity contribution in [3.63, 3.8) is 0 Å². The fraction of sp³-hybridized carbons (Fsp3) is 0.333. The normalized spacial score (nSPS) is 17.3. The van der Waals surface area contributed by atoms with Gasteiger partial charge in [0, 0.05) is 11.1 Å². The van der Waals surface area contributed by atoms with Gasteiger partial charge in [0.2, 0.25) is 0 Å². The second kappa shape index (κ2) is 13.1. The highest BCUT2D eigenvalue weighted by Crippen LogP contribution is 2.41. The summed E-state index contributed by atoms with van der Waals surface area (Å²) in [6.07, 6.45) is 3.97. The highest BCUT2D eigenvalue weighted by atomic mass is 19.3. The lowest BCUT2D eigenvalue weighted by molar-refractivity contribution is -0.223. The number of benzene rings is 4. The van der Waals surface area contributed by atoms with Crippen LogP contribution in [0.3, 0.4) is 0 Å². The largest absolute Gasteiger partial charge is 0.432 e. The Morgan fingerprint density at radius 2 is 1.19 bits per heavy atom. The molecular weight excluding hydrogens is 543 g/mol. The van der Waals surface area contributed by atoms with E-state index in [1.165, 1.54) is 61.4 Å². The second-order valence-electron chi connectivity index (χ2n) is 11.3. The molecule has 0 atom stereocenters. The summed E-state index contributed by atoms with van der Waals surface area (Å²) in [5, 5.41) is 0. The molecule has 0 unspecified atom stereocenters. The van der Waals surface area contributed by atoms with Gasteiger partial charge in [-0.05, 0) is 90.3 Å². The molecule has 0 amide bonds. The lowest BCUT2D eigenvalue weighted by Crippen LogP contribution is -2.37. The number of halogens is 5. The van der Waals surface area contributed by atoms with E-state index in [0.717, 1.165) is 25.7 Å². The van der Waals surface area contributed by atoms with E-state index in [2.05, 4.69) is 6.92 Å². The summed E-state index contributed by atoms with van der Waals surface area (Å²) in [6, 6.07) is 20.7. The Morgan fingerprint density at radius 3 is 1.81 bits per heavy atom. The predicted molar refractivity (Wildman–Crippen MR) is 158 cm³/mol. The second-order valence-corrected chi connectivity index (χ2v) is 11.3. The summed E-state index contributed by atoms with van der Waals surface area (Å²) in [6.45, 7) is 2.17. The molecule has 1 nitrogen and oxygen atoms in total. The van der Waals surface area contributed by atoms with Gasteiger partial charge in [0.1, 0.15) is 23.2 Å². The predicted octanol–water partition coefficient (Wildman–Crippen LogP) is 11.5. The van der Waals surface area contributed by atoms with Crippen LogP contribution in [0.2, 0.25) is 0 Å². The van der Waals surface area contributed by atoms with Crippen LogP contribution in [0.15, 0.2) is 84.9 Å². The van der Waals surface area contributed by atoms with E-state index in [-0.39, 0.29) is 11.3 Å². The summed E-state index contributed by atoms with van der Waals surface area (Å²) >= 11 is 0. The van der Waals surface area contributed by atoms with Crippen molar-refractivity contribution in [3.8, 4) is 39.1 Å². The van der Waals surface area contributed by atoms with Gasteiger partial charge < -0.3 is 4.74 Å². The van der Waals surface area contributed by atoms with Gasteiger partial charge in [-0.15, -0.1) is 0 Å². The van der Waals surface area contributed by atoms with Crippen LogP contribution in [0.5, 0.6) is 5.75 Å². The molecule has 1 fully saturated rings. The van der Waals surface area contributed by atoms with Crippen molar-refractivity contribution < 1.29 is 26.7 Å². The average molecular weight is 579 g/mol. The van der Waals surface area contributed by atoms with Crippen molar-refractivity contribution in [3.05, 3.63) is 102 Å². The van der Waals surface area contributed by atoms with Gasteiger partial charge in [0.15, 0.2) is 0 Å². The van der Waals surface area contributed by atoms with Crippen LogP contribution in [-0.4, -0.2) is 6.11 Å². The summed E-state index contributed by atoms with van der Waals surface area (Å²) in [4.78, 5) is 0. The van der Waals surface area contributed by atoms with E-state index in [4.69, 9.17) is 4.74 Å². The molecule has 220 valence electrons. The number of hydrogen-bond donors (Lipinski definition) is 0. The number of unbranched alkanes of at least 4 members (excludes halogenated alkanes) is 2. The van der Waals surface area contributed by atoms with E-state index in [1.807, 2.05) is 0 Å². The zero-order chi connectivity index (χ0) is 29.7. The fourth-order valence-corrected chi connectivity index (χ4v) is 5.90. The first-order valence-corrected chi connectivity index (χ1v) is 14.8. The third-order valence-corrected chi connectivity index (χ3v) is 8.38. The minimum atomic E-state index is -3.24. The van der Waals surface area contributed by atoms with Gasteiger partial charge in [-0.2, -0.15) is 8.78 Å². The maximum Gasteiger partial charge on any atom is 0.400 e. The molecule has 5 rings (SSSR count). The molecule has 1 aliphatic carbocycles. The Hall–Kier alpha value is -3.67. The Balaban J connectivity index is 1.23. The molecule has 6 heteroatoms. The Kier molecular flexibility index (Phi) is 9.30. The maximum atomic E-state index is 15.2. The van der Waals surface area contributed by atoms with Crippen LogP contribution in [-0.2, 0) is 0 Å². The summed E-state index contributed by atoms with van der Waals surface area (Å²) in [5.74, 6) is -1.69. The van der Waals surface area contributed by atoms with Crippen LogP contribution in [0, 0.1) is 29.3 Å². The summed E-state index contributed by atoms with van der Waals surface area (Å²) in [5.41, 5.74) is 2.60. The molecular formula is C36H35F5O. The van der Waals surface area contributed by atoms with Crippen molar-refractivity contribution in [1.29, 1.82) is 0 Å². The fourth-order valence-electron chi connectivity index (χ4n) is 5.90. The van der Waals surface area contributed by atoms with Crippen molar-refractivity contribution in [1.82, 2.24) is 0 Å². The van der Waals surface area contributed by atoms with E-state index >= 15 is 4.39 Å². The van der Waals surface area contributed by atoms with Crippen molar-refractivity contribution in [2.75, 3.05) is 0 Å². The van der Waals surface area contributed by atoms with Crippen LogP contribution >= 0.6 is 0 Å². The van der Waals surface area contributed by atoms with E-state index in [0.29, 0.717) is 46.6 Å². The van der Waals surface area contributed by atoms with Gasteiger partial charge in [-0.25, -0.2) is 13.2 Å². The SMILES string of the molecule is CCCCCC1CCC(C(F)(F)Oc2ccc(-c3ccc(-c4ccc(-c5ccc(F)cc5)c(F)c4)c(F)c3)cc2)CC1. The lowest BCUT2D eigenvalue weighted by Gasteiger charge is -2.33. The molecule has 4 aromatic rings. The van der Waals surface area contributed by atoms with Crippen molar-refractivity contribution >= 4 is 0 Å². The zero-order valence-electron chi connectivity index (χ0n) is 23.7. The molecule has 0 bridgehead atoms. The van der Waals surface area contributed by atoms with Gasteiger partial charge in [0.05, 0.1) is 5.92 Å². The molecule has 0 radical (unpaired) electrons. The maximum absolute atomic E-state index is 15.2.